The first-order valence-corrected chi connectivity index (χ1v) is 6.86. The van der Waals surface area contributed by atoms with Crippen LogP contribution in [0.25, 0.3) is 0 Å². The molecule has 0 radical (unpaired) electrons. The smallest absolute Gasteiger partial charge is 0.350 e. The fraction of sp³-hybridized carbons (Fsp3) is 0.333. The molecule has 0 saturated carbocycles. The number of carbonyl (C=O) groups excluding carboxylic acids is 1. The zero-order valence-electron chi connectivity index (χ0n) is 12.6. The van der Waals surface area contributed by atoms with Crippen LogP contribution in [0, 0.1) is 11.3 Å². The van der Waals surface area contributed by atoms with Crippen molar-refractivity contribution >= 4 is 17.6 Å². The number of methoxy groups -OCH3 is 2. The Morgan fingerprint density at radius 2 is 2.00 bits per heavy atom. The first-order valence-electron chi connectivity index (χ1n) is 6.48. The molecule has 0 aliphatic heterocycles. The summed E-state index contributed by atoms with van der Waals surface area (Å²) in [5.74, 6) is 0.394. The van der Waals surface area contributed by atoms with E-state index in [1.54, 1.807) is 25.1 Å². The molecule has 0 amide bonds. The van der Waals surface area contributed by atoms with Crippen molar-refractivity contribution in [3.05, 3.63) is 34.5 Å². The number of nitrogens with one attached hydrogen (secondary N) is 1. The third kappa shape index (κ3) is 4.57. The van der Waals surface area contributed by atoms with E-state index in [1.165, 1.54) is 20.4 Å². The van der Waals surface area contributed by atoms with Crippen molar-refractivity contribution in [2.45, 2.75) is 13.5 Å². The van der Waals surface area contributed by atoms with Gasteiger partial charge in [-0.05, 0) is 18.6 Å². The molecule has 1 aromatic carbocycles. The van der Waals surface area contributed by atoms with Crippen LogP contribution in [-0.4, -0.2) is 26.8 Å². The van der Waals surface area contributed by atoms with Gasteiger partial charge in [-0.25, -0.2) is 4.79 Å². The topological polar surface area (TPSA) is 80.6 Å². The lowest BCUT2D eigenvalue weighted by Crippen LogP contribution is -2.12. The van der Waals surface area contributed by atoms with E-state index in [0.717, 1.165) is 5.56 Å². The van der Waals surface area contributed by atoms with E-state index in [9.17, 15) is 4.79 Å². The third-order valence-corrected chi connectivity index (χ3v) is 3.06. The minimum absolute atomic E-state index is 0.113. The van der Waals surface area contributed by atoms with Crippen molar-refractivity contribution in [3.63, 3.8) is 0 Å². The van der Waals surface area contributed by atoms with Crippen molar-refractivity contribution in [1.82, 2.24) is 5.32 Å². The molecule has 0 aromatic heterocycles. The lowest BCUT2D eigenvalue weighted by Gasteiger charge is -2.11. The second-order valence-electron chi connectivity index (χ2n) is 4.07. The van der Waals surface area contributed by atoms with Crippen molar-refractivity contribution in [1.29, 1.82) is 5.26 Å². The molecule has 1 rings (SSSR count). The molecule has 0 atom stereocenters. The number of hydrogen-bond acceptors (Lipinski definition) is 6. The van der Waals surface area contributed by atoms with E-state index in [0.29, 0.717) is 23.1 Å². The average Bonchev–Trinajstić information content (AvgIpc) is 2.52. The SMILES string of the molecule is CCOC(=O)/C(C#N)=C\NCc1cc(OC)c(OC)cc1Cl. The molecular formula is C15H17ClN2O4. The van der Waals surface area contributed by atoms with Gasteiger partial charge in [-0.2, -0.15) is 5.26 Å². The van der Waals surface area contributed by atoms with Gasteiger partial charge < -0.3 is 19.5 Å². The maximum absolute atomic E-state index is 11.5. The summed E-state index contributed by atoms with van der Waals surface area (Å²) in [5.41, 5.74) is 0.621. The first kappa shape index (κ1) is 17.7. The Balaban J connectivity index is 2.84. The lowest BCUT2D eigenvalue weighted by atomic mass is 10.2. The molecule has 22 heavy (non-hydrogen) atoms. The highest BCUT2D eigenvalue weighted by atomic mass is 35.5. The molecule has 0 spiro atoms. The van der Waals surface area contributed by atoms with Crippen molar-refractivity contribution in [2.75, 3.05) is 20.8 Å². The van der Waals surface area contributed by atoms with Crippen LogP contribution in [0.4, 0.5) is 0 Å². The molecule has 118 valence electrons. The molecule has 6 nitrogen and oxygen atoms in total. The normalized spacial score (nSPS) is 10.6. The van der Waals surface area contributed by atoms with Gasteiger partial charge in [0.25, 0.3) is 0 Å². The maximum atomic E-state index is 11.5. The predicted octanol–water partition coefficient (Wildman–Crippen LogP) is 2.42. The summed E-state index contributed by atoms with van der Waals surface area (Å²) in [7, 11) is 3.05. The zero-order valence-corrected chi connectivity index (χ0v) is 13.4. The van der Waals surface area contributed by atoms with Gasteiger partial charge in [0.05, 0.1) is 20.8 Å². The molecule has 0 unspecified atom stereocenters. The lowest BCUT2D eigenvalue weighted by molar-refractivity contribution is -0.138. The Hall–Kier alpha value is -2.39. The van der Waals surface area contributed by atoms with Gasteiger partial charge in [-0.15, -0.1) is 0 Å². The van der Waals surface area contributed by atoms with E-state index < -0.39 is 5.97 Å². The number of esters is 1. The van der Waals surface area contributed by atoms with Crippen LogP contribution in [0.1, 0.15) is 12.5 Å². The van der Waals surface area contributed by atoms with Crippen molar-refractivity contribution < 1.29 is 19.0 Å². The summed E-state index contributed by atoms with van der Waals surface area (Å²) in [6, 6.07) is 5.13. The van der Waals surface area contributed by atoms with Crippen LogP contribution in [0.15, 0.2) is 23.9 Å². The Morgan fingerprint density at radius 1 is 1.36 bits per heavy atom. The molecule has 1 N–H and O–H groups in total. The van der Waals surface area contributed by atoms with Crippen LogP contribution >= 0.6 is 11.6 Å². The van der Waals surface area contributed by atoms with Gasteiger partial charge in [0.15, 0.2) is 17.1 Å². The minimum Gasteiger partial charge on any atom is -0.493 e. The van der Waals surface area contributed by atoms with Crippen LogP contribution in [0.3, 0.4) is 0 Å². The summed E-state index contributed by atoms with van der Waals surface area (Å²) < 4.78 is 15.1. The summed E-state index contributed by atoms with van der Waals surface area (Å²) in [5, 5.41) is 12.2. The Morgan fingerprint density at radius 3 is 2.55 bits per heavy atom. The van der Waals surface area contributed by atoms with Gasteiger partial charge in [0.2, 0.25) is 0 Å². The highest BCUT2D eigenvalue weighted by Crippen LogP contribution is 2.32. The first-order chi connectivity index (χ1) is 10.6. The fourth-order valence-electron chi connectivity index (χ4n) is 1.64. The highest BCUT2D eigenvalue weighted by Gasteiger charge is 2.11. The van der Waals surface area contributed by atoms with E-state index >= 15 is 0 Å². The number of halogens is 1. The predicted molar refractivity (Wildman–Crippen MR) is 81.7 cm³/mol. The van der Waals surface area contributed by atoms with E-state index in [-0.39, 0.29) is 12.2 Å². The third-order valence-electron chi connectivity index (χ3n) is 2.71. The van der Waals surface area contributed by atoms with Crippen LogP contribution in [0.5, 0.6) is 11.5 Å². The molecule has 0 bridgehead atoms. The summed E-state index contributed by atoms with van der Waals surface area (Å²) in [4.78, 5) is 11.5. The van der Waals surface area contributed by atoms with E-state index in [2.05, 4.69) is 5.32 Å². The summed E-state index contributed by atoms with van der Waals surface area (Å²) in [6.07, 6.45) is 1.30. The average molecular weight is 325 g/mol. The van der Waals surface area contributed by atoms with Gasteiger partial charge in [0.1, 0.15) is 6.07 Å². The fourth-order valence-corrected chi connectivity index (χ4v) is 1.86. The Bertz CT molecular complexity index is 608. The number of ether oxygens (including phenoxy) is 3. The Labute approximate surface area is 134 Å². The molecular weight excluding hydrogens is 308 g/mol. The molecule has 0 aliphatic rings. The number of nitrogens with zero attached hydrogens (tertiary/aromatic N) is 1. The number of hydrogen-bond donors (Lipinski definition) is 1. The minimum atomic E-state index is -0.670. The number of rotatable bonds is 7. The monoisotopic (exact) mass is 324 g/mol. The molecule has 0 heterocycles. The zero-order chi connectivity index (χ0) is 16.5. The van der Waals surface area contributed by atoms with E-state index in [4.69, 9.17) is 31.1 Å². The summed E-state index contributed by atoms with van der Waals surface area (Å²) >= 11 is 6.15. The van der Waals surface area contributed by atoms with Crippen LogP contribution in [-0.2, 0) is 16.1 Å². The number of carbonyl (C=O) groups is 1. The quantitative estimate of drug-likeness (QED) is 0.471. The second-order valence-corrected chi connectivity index (χ2v) is 4.48. The van der Waals surface area contributed by atoms with Crippen molar-refractivity contribution in [3.8, 4) is 17.6 Å². The molecule has 1 aromatic rings. The molecule has 0 saturated heterocycles. The van der Waals surface area contributed by atoms with Crippen LogP contribution in [0.2, 0.25) is 5.02 Å². The van der Waals surface area contributed by atoms with Crippen molar-refractivity contribution in [2.24, 2.45) is 0 Å². The number of nitriles is 1. The summed E-state index contributed by atoms with van der Waals surface area (Å²) in [6.45, 7) is 2.19. The second kappa shape index (κ2) is 8.80. The highest BCUT2D eigenvalue weighted by molar-refractivity contribution is 6.31. The van der Waals surface area contributed by atoms with Gasteiger partial charge in [0, 0.05) is 23.8 Å². The number of benzene rings is 1. The molecule has 0 fully saturated rings. The largest absolute Gasteiger partial charge is 0.493 e. The maximum Gasteiger partial charge on any atom is 0.350 e. The Kier molecular flexibility index (Phi) is 7.06. The molecule has 7 heteroatoms. The van der Waals surface area contributed by atoms with Gasteiger partial charge in [-0.3, -0.25) is 0 Å². The van der Waals surface area contributed by atoms with Gasteiger partial charge >= 0.3 is 5.97 Å². The van der Waals surface area contributed by atoms with Gasteiger partial charge in [-0.1, -0.05) is 11.6 Å². The van der Waals surface area contributed by atoms with E-state index in [1.807, 2.05) is 0 Å². The molecule has 0 aliphatic carbocycles. The van der Waals surface area contributed by atoms with Crippen LogP contribution < -0.4 is 14.8 Å². The standard InChI is InChI=1S/C15H17ClN2O4/c1-4-22-15(19)11(7-17)9-18-8-10-5-13(20-2)14(21-3)6-12(10)16/h5-6,9,18H,4,8H2,1-3H3/b11-9-.